The zero-order valence-electron chi connectivity index (χ0n) is 12.4. The van der Waals surface area contributed by atoms with Crippen LogP contribution in [0.3, 0.4) is 0 Å². The molecule has 0 aliphatic rings. The van der Waals surface area contributed by atoms with Gasteiger partial charge in [0.2, 0.25) is 0 Å². The van der Waals surface area contributed by atoms with Crippen LogP contribution >= 0.6 is 12.2 Å². The second-order valence-corrected chi connectivity index (χ2v) is 5.35. The molecule has 3 aromatic rings. The number of anilines is 1. The van der Waals surface area contributed by atoms with Gasteiger partial charge in [-0.15, -0.1) is 0 Å². The highest BCUT2D eigenvalue weighted by atomic mass is 32.1. The lowest BCUT2D eigenvalue weighted by Gasteiger charge is -2.07. The van der Waals surface area contributed by atoms with Gasteiger partial charge in [0, 0.05) is 5.52 Å². The number of nitrogens with zero attached hydrogens (tertiary/aromatic N) is 1. The van der Waals surface area contributed by atoms with Gasteiger partial charge >= 0.3 is 0 Å². The summed E-state index contributed by atoms with van der Waals surface area (Å²) in [6, 6.07) is 15.3. The zero-order chi connectivity index (χ0) is 16.9. The largest absolute Gasteiger partial charge is 0.329 e. The van der Waals surface area contributed by atoms with E-state index < -0.39 is 5.82 Å². The van der Waals surface area contributed by atoms with Crippen molar-refractivity contribution in [3.63, 3.8) is 0 Å². The summed E-state index contributed by atoms with van der Waals surface area (Å²) in [5.41, 5.74) is 3.68. The average molecular weight is 340 g/mol. The molecule has 0 spiro atoms. The van der Waals surface area contributed by atoms with Crippen molar-refractivity contribution in [2.75, 3.05) is 5.32 Å². The molecule has 7 heteroatoms. The molecular weight excluding hydrogens is 327 g/mol. The lowest BCUT2D eigenvalue weighted by atomic mass is 10.2. The summed E-state index contributed by atoms with van der Waals surface area (Å²) >= 11 is 5.03. The number of benzene rings is 2. The van der Waals surface area contributed by atoms with Gasteiger partial charge < -0.3 is 10.3 Å². The van der Waals surface area contributed by atoms with Crippen molar-refractivity contribution in [3.05, 3.63) is 76.3 Å². The zero-order valence-corrected chi connectivity index (χ0v) is 13.2. The number of hydrazone groups is 1. The Morgan fingerprint density at radius 2 is 1.92 bits per heavy atom. The average Bonchev–Trinajstić information content (AvgIpc) is 2.57. The third-order valence-electron chi connectivity index (χ3n) is 3.27. The van der Waals surface area contributed by atoms with Gasteiger partial charge in [0.25, 0.3) is 5.56 Å². The smallest absolute Gasteiger partial charge is 0.257 e. The molecule has 0 amide bonds. The molecular formula is C17H13FN4OS. The van der Waals surface area contributed by atoms with E-state index in [0.29, 0.717) is 5.56 Å². The van der Waals surface area contributed by atoms with E-state index in [1.165, 1.54) is 12.3 Å². The Hall–Kier alpha value is -3.06. The summed E-state index contributed by atoms with van der Waals surface area (Å²) in [7, 11) is 0. The van der Waals surface area contributed by atoms with Gasteiger partial charge in [-0.3, -0.25) is 10.2 Å². The van der Waals surface area contributed by atoms with Gasteiger partial charge in [0.15, 0.2) is 5.11 Å². The number of rotatable bonds is 3. The molecule has 120 valence electrons. The van der Waals surface area contributed by atoms with Crippen LogP contribution in [0.5, 0.6) is 0 Å². The van der Waals surface area contributed by atoms with E-state index in [2.05, 4.69) is 20.8 Å². The highest BCUT2D eigenvalue weighted by molar-refractivity contribution is 7.80. The number of H-pyrrole nitrogens is 1. The Bertz CT molecular complexity index is 983. The van der Waals surface area contributed by atoms with Gasteiger partial charge in [-0.1, -0.05) is 30.3 Å². The predicted octanol–water partition coefficient (Wildman–Crippen LogP) is 2.99. The van der Waals surface area contributed by atoms with Crippen LogP contribution in [-0.2, 0) is 0 Å². The molecule has 0 saturated carbocycles. The number of halogens is 1. The van der Waals surface area contributed by atoms with E-state index in [-0.39, 0.29) is 16.4 Å². The van der Waals surface area contributed by atoms with E-state index in [1.807, 2.05) is 24.3 Å². The lowest BCUT2D eigenvalue weighted by Crippen LogP contribution is -2.24. The van der Waals surface area contributed by atoms with Crippen LogP contribution in [0.15, 0.2) is 64.5 Å². The number of pyridine rings is 1. The van der Waals surface area contributed by atoms with Crippen molar-refractivity contribution in [2.24, 2.45) is 5.10 Å². The van der Waals surface area contributed by atoms with Crippen LogP contribution in [0, 0.1) is 5.82 Å². The van der Waals surface area contributed by atoms with Crippen LogP contribution in [0.25, 0.3) is 10.9 Å². The fourth-order valence-corrected chi connectivity index (χ4v) is 2.30. The Labute approximate surface area is 142 Å². The van der Waals surface area contributed by atoms with Gasteiger partial charge in [-0.25, -0.2) is 4.39 Å². The standard InChI is InChI=1S/C17H13FN4OS/c18-13-6-2-4-8-15(13)21-17(24)22-19-10-12-9-11-5-1-3-7-14(11)20-16(12)23/h1-10H,(H,20,23)(H2,21,22,24)/b19-10+. The predicted molar refractivity (Wildman–Crippen MR) is 97.9 cm³/mol. The highest BCUT2D eigenvalue weighted by Gasteiger charge is 2.02. The molecule has 1 heterocycles. The molecule has 3 N–H and O–H groups in total. The Morgan fingerprint density at radius 1 is 1.17 bits per heavy atom. The molecule has 2 aromatic carbocycles. The molecule has 0 radical (unpaired) electrons. The third-order valence-corrected chi connectivity index (χ3v) is 3.47. The monoisotopic (exact) mass is 340 g/mol. The number of aromatic nitrogens is 1. The van der Waals surface area contributed by atoms with E-state index in [4.69, 9.17) is 12.2 Å². The summed E-state index contributed by atoms with van der Waals surface area (Å²) in [5.74, 6) is -0.420. The second-order valence-electron chi connectivity index (χ2n) is 4.95. The van der Waals surface area contributed by atoms with Crippen molar-refractivity contribution in [3.8, 4) is 0 Å². The molecule has 24 heavy (non-hydrogen) atoms. The number of hydrogen-bond acceptors (Lipinski definition) is 3. The van der Waals surface area contributed by atoms with E-state index in [9.17, 15) is 9.18 Å². The van der Waals surface area contributed by atoms with Crippen LogP contribution in [0.1, 0.15) is 5.56 Å². The number of para-hydroxylation sites is 2. The first-order chi connectivity index (χ1) is 11.6. The number of aromatic amines is 1. The maximum atomic E-state index is 13.5. The molecule has 0 saturated heterocycles. The lowest BCUT2D eigenvalue weighted by molar-refractivity contribution is 0.632. The van der Waals surface area contributed by atoms with Crippen molar-refractivity contribution in [1.82, 2.24) is 10.4 Å². The van der Waals surface area contributed by atoms with Gasteiger partial charge in [0.1, 0.15) is 5.82 Å². The summed E-state index contributed by atoms with van der Waals surface area (Å²) in [6.07, 6.45) is 1.36. The Kier molecular flexibility index (Phi) is 4.62. The van der Waals surface area contributed by atoms with Crippen molar-refractivity contribution >= 4 is 40.1 Å². The van der Waals surface area contributed by atoms with Gasteiger partial charge in [-0.2, -0.15) is 5.10 Å². The number of thiocarbonyl (C=S) groups is 1. The molecule has 5 nitrogen and oxygen atoms in total. The third kappa shape index (κ3) is 3.64. The van der Waals surface area contributed by atoms with Gasteiger partial charge in [0.05, 0.1) is 17.5 Å². The minimum Gasteiger partial charge on any atom is -0.329 e. The first-order valence-electron chi connectivity index (χ1n) is 7.10. The minimum atomic E-state index is -0.420. The number of fused-ring (bicyclic) bond motifs is 1. The van der Waals surface area contributed by atoms with Crippen LogP contribution < -0.4 is 16.3 Å². The Morgan fingerprint density at radius 3 is 2.75 bits per heavy atom. The molecule has 0 bridgehead atoms. The first-order valence-corrected chi connectivity index (χ1v) is 7.51. The molecule has 0 aliphatic carbocycles. The highest BCUT2D eigenvalue weighted by Crippen LogP contribution is 2.12. The summed E-state index contributed by atoms with van der Waals surface area (Å²) in [5, 5.41) is 7.61. The normalized spacial score (nSPS) is 10.9. The minimum absolute atomic E-state index is 0.119. The summed E-state index contributed by atoms with van der Waals surface area (Å²) in [6.45, 7) is 0. The topological polar surface area (TPSA) is 69.3 Å². The number of hydrogen-bond donors (Lipinski definition) is 3. The maximum absolute atomic E-state index is 13.5. The quantitative estimate of drug-likeness (QED) is 0.389. The fraction of sp³-hybridized carbons (Fsp3) is 0. The van der Waals surface area contributed by atoms with Crippen LogP contribution in [0.4, 0.5) is 10.1 Å². The maximum Gasteiger partial charge on any atom is 0.257 e. The van der Waals surface area contributed by atoms with Crippen LogP contribution in [-0.4, -0.2) is 16.3 Å². The SMILES string of the molecule is O=c1[nH]c2ccccc2cc1/C=N/NC(=S)Nc1ccccc1F. The van der Waals surface area contributed by atoms with E-state index >= 15 is 0 Å². The molecule has 0 fully saturated rings. The van der Waals surface area contributed by atoms with E-state index in [0.717, 1.165) is 10.9 Å². The van der Waals surface area contributed by atoms with Crippen LogP contribution in [0.2, 0.25) is 0 Å². The van der Waals surface area contributed by atoms with Crippen molar-refractivity contribution in [1.29, 1.82) is 0 Å². The van der Waals surface area contributed by atoms with Crippen molar-refractivity contribution in [2.45, 2.75) is 0 Å². The van der Waals surface area contributed by atoms with Gasteiger partial charge in [-0.05, 0) is 41.9 Å². The molecule has 0 aliphatic heterocycles. The fourth-order valence-electron chi connectivity index (χ4n) is 2.13. The molecule has 0 atom stereocenters. The summed E-state index contributed by atoms with van der Waals surface area (Å²) < 4.78 is 13.5. The Balaban J connectivity index is 1.70. The first kappa shape index (κ1) is 15.8. The molecule has 3 rings (SSSR count). The molecule has 1 aromatic heterocycles. The van der Waals surface area contributed by atoms with Crippen molar-refractivity contribution < 1.29 is 4.39 Å². The molecule has 0 unspecified atom stereocenters. The summed E-state index contributed by atoms with van der Waals surface area (Å²) in [4.78, 5) is 14.7. The number of nitrogens with one attached hydrogen (secondary N) is 3. The van der Waals surface area contributed by atoms with E-state index in [1.54, 1.807) is 24.3 Å². The second kappa shape index (κ2) is 7.01.